The second kappa shape index (κ2) is 9.26. The van der Waals surface area contributed by atoms with Crippen LogP contribution in [-0.4, -0.2) is 86.2 Å². The zero-order chi connectivity index (χ0) is 25.6. The molecule has 38 heavy (non-hydrogen) atoms. The Morgan fingerprint density at radius 1 is 1.08 bits per heavy atom. The molecule has 0 aliphatic carbocycles. The minimum Gasteiger partial charge on any atom is -0.488 e. The first kappa shape index (κ1) is 22.9. The van der Waals surface area contributed by atoms with Gasteiger partial charge in [-0.2, -0.15) is 14.6 Å². The number of hydrogen-bond acceptors (Lipinski definition) is 10. The van der Waals surface area contributed by atoms with Gasteiger partial charge < -0.3 is 25.1 Å². The summed E-state index contributed by atoms with van der Waals surface area (Å²) >= 11 is 0. The Labute approximate surface area is 216 Å². The van der Waals surface area contributed by atoms with Crippen molar-refractivity contribution >= 4 is 28.3 Å². The maximum absolute atomic E-state index is 14.8. The molecule has 0 amide bonds. The van der Waals surface area contributed by atoms with Crippen LogP contribution >= 0.6 is 0 Å². The number of aromatic nitrogens is 6. The first-order valence-corrected chi connectivity index (χ1v) is 12.7. The normalized spacial score (nSPS) is 16.9. The van der Waals surface area contributed by atoms with Gasteiger partial charge in [0.2, 0.25) is 11.8 Å². The highest BCUT2D eigenvalue weighted by atomic mass is 19.1. The van der Waals surface area contributed by atoms with Gasteiger partial charge in [0.1, 0.15) is 17.7 Å². The van der Waals surface area contributed by atoms with Crippen LogP contribution in [0.3, 0.4) is 0 Å². The summed E-state index contributed by atoms with van der Waals surface area (Å²) in [6, 6.07) is 8.75. The largest absolute Gasteiger partial charge is 0.488 e. The highest BCUT2D eigenvalue weighted by Crippen LogP contribution is 2.27. The molecular weight excluding hydrogens is 491 g/mol. The Morgan fingerprint density at radius 3 is 2.68 bits per heavy atom. The lowest BCUT2D eigenvalue weighted by molar-refractivity contribution is 0.142. The Hall–Kier alpha value is -4.23. The summed E-state index contributed by atoms with van der Waals surface area (Å²) in [5.41, 5.74) is 8.07. The van der Waals surface area contributed by atoms with Crippen LogP contribution in [0.4, 0.5) is 16.0 Å². The van der Waals surface area contributed by atoms with Crippen LogP contribution in [0.15, 0.2) is 47.2 Å². The van der Waals surface area contributed by atoms with E-state index in [1.807, 2.05) is 16.8 Å². The zero-order valence-corrected chi connectivity index (χ0v) is 20.6. The minimum absolute atomic E-state index is 0.129. The lowest BCUT2D eigenvalue weighted by atomic mass is 10.2. The highest BCUT2D eigenvalue weighted by Gasteiger charge is 2.23. The fourth-order valence-corrected chi connectivity index (χ4v) is 4.93. The van der Waals surface area contributed by atoms with Gasteiger partial charge in [0.05, 0.1) is 30.1 Å². The number of anilines is 2. The van der Waals surface area contributed by atoms with E-state index in [1.165, 1.54) is 10.6 Å². The lowest BCUT2D eigenvalue weighted by Gasteiger charge is -2.36. The quantitative estimate of drug-likeness (QED) is 0.328. The summed E-state index contributed by atoms with van der Waals surface area (Å²) in [4.78, 5) is 13.6. The second-order valence-corrected chi connectivity index (χ2v) is 9.56. The molecule has 2 aliphatic heterocycles. The number of fused-ring (bicyclic) bond motifs is 3. The third-order valence-electron chi connectivity index (χ3n) is 7.15. The van der Waals surface area contributed by atoms with Crippen LogP contribution in [-0.2, 0) is 6.54 Å². The number of benzene rings is 1. The maximum atomic E-state index is 14.8. The fraction of sp³-hybridized carbons (Fsp3) is 0.360. The molecule has 0 bridgehead atoms. The Balaban J connectivity index is 1.01. The first-order valence-electron chi connectivity index (χ1n) is 12.7. The number of piperazine rings is 1. The number of nitrogens with one attached hydrogen (secondary N) is 1. The summed E-state index contributed by atoms with van der Waals surface area (Å²) < 4.78 is 29.4. The van der Waals surface area contributed by atoms with Crippen molar-refractivity contribution < 1.29 is 13.5 Å². The van der Waals surface area contributed by atoms with Crippen molar-refractivity contribution in [2.24, 2.45) is 0 Å². The van der Waals surface area contributed by atoms with Crippen LogP contribution in [0, 0.1) is 5.82 Å². The van der Waals surface area contributed by atoms with Crippen molar-refractivity contribution in [3.05, 3.63) is 48.6 Å². The average molecular weight is 519 g/mol. The summed E-state index contributed by atoms with van der Waals surface area (Å²) in [5, 5.41) is 12.9. The third-order valence-corrected chi connectivity index (χ3v) is 7.15. The van der Waals surface area contributed by atoms with Crippen LogP contribution < -0.4 is 20.7 Å². The highest BCUT2D eigenvalue weighted by molar-refractivity contribution is 5.90. The topological polar surface area (TPSA) is 128 Å². The van der Waals surface area contributed by atoms with E-state index >= 15 is 0 Å². The van der Waals surface area contributed by atoms with Gasteiger partial charge in [-0.05, 0) is 24.3 Å². The standard InChI is InChI=1S/C25H27FN10O2/c26-19-12-16(38-17-13-28-14-17)3-4-20(19)34-8-5-33(6-9-34)7-10-35-23-18(15-29-35)24-30-22(21-2-1-11-37-21)32-36(24)25(27)31-23/h1-4,11-12,15,17,28H,5-10,13-14H2,(H2,27,31). The van der Waals surface area contributed by atoms with E-state index in [2.05, 4.69) is 35.3 Å². The van der Waals surface area contributed by atoms with Gasteiger partial charge in [-0.15, -0.1) is 5.10 Å². The summed E-state index contributed by atoms with van der Waals surface area (Å²) in [5.74, 6) is 1.57. The Kier molecular flexibility index (Phi) is 5.59. The van der Waals surface area contributed by atoms with Gasteiger partial charge in [-0.25, -0.2) is 14.1 Å². The monoisotopic (exact) mass is 518 g/mol. The molecule has 3 N–H and O–H groups in total. The molecule has 0 spiro atoms. The van der Waals surface area contributed by atoms with Gasteiger partial charge in [0, 0.05) is 51.9 Å². The molecule has 5 aromatic rings. The third kappa shape index (κ3) is 4.09. The predicted octanol–water partition coefficient (Wildman–Crippen LogP) is 1.63. The van der Waals surface area contributed by atoms with Crippen LogP contribution in [0.1, 0.15) is 0 Å². The van der Waals surface area contributed by atoms with E-state index in [0.717, 1.165) is 51.2 Å². The van der Waals surface area contributed by atoms with Crippen molar-refractivity contribution in [2.45, 2.75) is 12.6 Å². The number of ether oxygens (including phenoxy) is 1. The molecule has 0 atom stereocenters. The van der Waals surface area contributed by atoms with Crippen molar-refractivity contribution in [3.63, 3.8) is 0 Å². The molecule has 0 saturated carbocycles. The molecule has 7 rings (SSSR count). The summed E-state index contributed by atoms with van der Waals surface area (Å²) in [7, 11) is 0. The van der Waals surface area contributed by atoms with Gasteiger partial charge >= 0.3 is 0 Å². The molecule has 4 aromatic heterocycles. The van der Waals surface area contributed by atoms with Crippen molar-refractivity contribution in [1.29, 1.82) is 0 Å². The van der Waals surface area contributed by atoms with E-state index in [1.54, 1.807) is 24.6 Å². The molecule has 2 saturated heterocycles. The molecule has 0 radical (unpaired) electrons. The molecule has 2 fully saturated rings. The second-order valence-electron chi connectivity index (χ2n) is 9.56. The Morgan fingerprint density at radius 2 is 1.95 bits per heavy atom. The van der Waals surface area contributed by atoms with Gasteiger partial charge in [-0.3, -0.25) is 4.90 Å². The molecule has 1 aromatic carbocycles. The number of nitrogen functional groups attached to an aromatic ring is 1. The smallest absolute Gasteiger partial charge is 0.225 e. The predicted molar refractivity (Wildman–Crippen MR) is 139 cm³/mol. The van der Waals surface area contributed by atoms with Crippen LogP contribution in [0.2, 0.25) is 0 Å². The van der Waals surface area contributed by atoms with Crippen LogP contribution in [0.5, 0.6) is 5.75 Å². The number of rotatable bonds is 7. The number of halogens is 1. The summed E-state index contributed by atoms with van der Waals surface area (Å²) in [6.45, 7) is 6.16. The van der Waals surface area contributed by atoms with E-state index < -0.39 is 0 Å². The molecule has 196 valence electrons. The summed E-state index contributed by atoms with van der Waals surface area (Å²) in [6.07, 6.45) is 3.45. The number of furan rings is 1. The SMILES string of the molecule is Nc1nc2c(cnn2CCN2CCN(c3ccc(OC4CNC4)cc3F)CC2)c2nc(-c3ccco3)nn12. The fourth-order valence-electron chi connectivity index (χ4n) is 4.93. The van der Waals surface area contributed by atoms with Crippen LogP contribution in [0.25, 0.3) is 28.3 Å². The zero-order valence-electron chi connectivity index (χ0n) is 20.6. The van der Waals surface area contributed by atoms with Gasteiger partial charge in [-0.1, -0.05) is 0 Å². The van der Waals surface area contributed by atoms with E-state index in [0.29, 0.717) is 40.9 Å². The maximum Gasteiger partial charge on any atom is 0.225 e. The van der Waals surface area contributed by atoms with Crippen molar-refractivity contribution in [1.82, 2.24) is 39.6 Å². The molecule has 2 aliphatic rings. The first-order chi connectivity index (χ1) is 18.6. The lowest BCUT2D eigenvalue weighted by Crippen LogP contribution is -2.50. The number of nitrogens with zero attached hydrogens (tertiary/aromatic N) is 8. The van der Waals surface area contributed by atoms with Gasteiger partial charge in [0.25, 0.3) is 0 Å². The number of nitrogens with two attached hydrogens (primary N) is 1. The van der Waals surface area contributed by atoms with Gasteiger partial charge in [0.15, 0.2) is 17.1 Å². The Bertz CT molecular complexity index is 1590. The van der Waals surface area contributed by atoms with E-state index in [4.69, 9.17) is 14.9 Å². The average Bonchev–Trinajstić information content (AvgIpc) is 3.65. The van der Waals surface area contributed by atoms with Crippen molar-refractivity contribution in [3.8, 4) is 17.3 Å². The molecule has 12 nitrogen and oxygen atoms in total. The molecule has 0 unspecified atom stereocenters. The molecule has 13 heteroatoms. The van der Waals surface area contributed by atoms with E-state index in [-0.39, 0.29) is 17.9 Å². The molecule has 6 heterocycles. The number of hydrogen-bond donors (Lipinski definition) is 2. The molecular formula is C25H27FN10O2. The van der Waals surface area contributed by atoms with Crippen molar-refractivity contribution in [2.75, 3.05) is 56.4 Å². The van der Waals surface area contributed by atoms with E-state index in [9.17, 15) is 4.39 Å². The minimum atomic E-state index is -0.245.